The van der Waals surface area contributed by atoms with Crippen molar-refractivity contribution in [2.75, 3.05) is 7.11 Å². The van der Waals surface area contributed by atoms with Gasteiger partial charge in [-0.1, -0.05) is 0 Å². The van der Waals surface area contributed by atoms with E-state index >= 15 is 0 Å². The third-order valence-corrected chi connectivity index (χ3v) is 2.76. The van der Waals surface area contributed by atoms with Gasteiger partial charge in [0.2, 0.25) is 0 Å². The smallest absolute Gasteiger partial charge is 0.347 e. The molecule has 2 aromatic heterocycles. The summed E-state index contributed by atoms with van der Waals surface area (Å²) >= 11 is 0. The van der Waals surface area contributed by atoms with E-state index in [4.69, 9.17) is 13.6 Å². The number of benzene rings is 1. The van der Waals surface area contributed by atoms with Gasteiger partial charge in [0.15, 0.2) is 0 Å². The molecule has 0 radical (unpaired) electrons. The Labute approximate surface area is 96.4 Å². The van der Waals surface area contributed by atoms with Gasteiger partial charge in [0, 0.05) is 0 Å². The van der Waals surface area contributed by atoms with Crippen LogP contribution >= 0.6 is 0 Å². The highest BCUT2D eigenvalue weighted by Crippen LogP contribution is 2.33. The summed E-state index contributed by atoms with van der Waals surface area (Å²) in [4.78, 5) is 11.9. The van der Waals surface area contributed by atoms with E-state index in [-0.39, 0.29) is 5.63 Å². The largest absolute Gasteiger partial charge is 0.495 e. The zero-order chi connectivity index (χ0) is 12.0. The molecule has 0 atom stereocenters. The number of rotatable bonds is 1. The standard InChI is InChI=1S/C13H10O4/c1-7-5-8-6-10-9(3-4-16-10)12(15-2)11(8)13(14)17-7/h3-6H,1-2H3. The van der Waals surface area contributed by atoms with E-state index in [9.17, 15) is 4.79 Å². The molecule has 0 saturated carbocycles. The summed E-state index contributed by atoms with van der Waals surface area (Å²) in [5.41, 5.74) is 0.305. The maximum Gasteiger partial charge on any atom is 0.347 e. The summed E-state index contributed by atoms with van der Waals surface area (Å²) in [7, 11) is 1.53. The fourth-order valence-corrected chi connectivity index (χ4v) is 2.08. The molecule has 3 aromatic rings. The summed E-state index contributed by atoms with van der Waals surface area (Å²) in [6.45, 7) is 1.74. The van der Waals surface area contributed by atoms with Crippen LogP contribution in [-0.4, -0.2) is 7.11 Å². The first-order valence-corrected chi connectivity index (χ1v) is 5.19. The van der Waals surface area contributed by atoms with Crippen molar-refractivity contribution in [3.05, 3.63) is 40.6 Å². The lowest BCUT2D eigenvalue weighted by molar-refractivity contribution is 0.420. The van der Waals surface area contributed by atoms with E-state index < -0.39 is 0 Å². The Morgan fingerprint density at radius 1 is 1.29 bits per heavy atom. The molecule has 0 amide bonds. The molecule has 0 aliphatic carbocycles. The summed E-state index contributed by atoms with van der Waals surface area (Å²) in [6.07, 6.45) is 1.57. The number of hydrogen-bond acceptors (Lipinski definition) is 4. The SMILES string of the molecule is COc1c2ccoc2cc2cc(C)oc(=O)c12. The van der Waals surface area contributed by atoms with E-state index in [1.807, 2.05) is 6.07 Å². The monoisotopic (exact) mass is 230 g/mol. The Balaban J connectivity index is 2.63. The van der Waals surface area contributed by atoms with Crippen LogP contribution in [0, 0.1) is 6.92 Å². The second-order valence-corrected chi connectivity index (χ2v) is 3.85. The van der Waals surface area contributed by atoms with Crippen LogP contribution in [0.1, 0.15) is 5.76 Å². The first-order valence-electron chi connectivity index (χ1n) is 5.19. The van der Waals surface area contributed by atoms with Crippen LogP contribution < -0.4 is 10.4 Å². The number of ether oxygens (including phenoxy) is 1. The Morgan fingerprint density at radius 3 is 2.88 bits per heavy atom. The van der Waals surface area contributed by atoms with Gasteiger partial charge >= 0.3 is 5.63 Å². The lowest BCUT2D eigenvalue weighted by Crippen LogP contribution is -2.02. The number of fused-ring (bicyclic) bond motifs is 2. The molecular formula is C13H10O4. The molecule has 1 aromatic carbocycles. The molecule has 17 heavy (non-hydrogen) atoms. The van der Waals surface area contributed by atoms with Crippen molar-refractivity contribution in [1.29, 1.82) is 0 Å². The maximum atomic E-state index is 11.9. The molecule has 0 unspecified atom stereocenters. The minimum Gasteiger partial charge on any atom is -0.495 e. The molecule has 3 rings (SSSR count). The van der Waals surface area contributed by atoms with Crippen molar-refractivity contribution in [1.82, 2.24) is 0 Å². The number of aryl methyl sites for hydroxylation is 1. The molecule has 0 fully saturated rings. The quantitative estimate of drug-likeness (QED) is 0.645. The first kappa shape index (κ1) is 9.96. The van der Waals surface area contributed by atoms with E-state index in [0.29, 0.717) is 22.5 Å². The molecular weight excluding hydrogens is 220 g/mol. The Morgan fingerprint density at radius 2 is 2.12 bits per heavy atom. The van der Waals surface area contributed by atoms with Gasteiger partial charge in [-0.3, -0.25) is 0 Å². The van der Waals surface area contributed by atoms with Gasteiger partial charge < -0.3 is 13.6 Å². The van der Waals surface area contributed by atoms with E-state index in [1.54, 1.807) is 25.3 Å². The van der Waals surface area contributed by atoms with Crippen LogP contribution in [0.2, 0.25) is 0 Å². The van der Waals surface area contributed by atoms with E-state index in [0.717, 1.165) is 10.8 Å². The van der Waals surface area contributed by atoms with Gasteiger partial charge in [-0.2, -0.15) is 0 Å². The van der Waals surface area contributed by atoms with Gasteiger partial charge in [0.25, 0.3) is 0 Å². The Bertz CT molecular complexity index is 764. The maximum absolute atomic E-state index is 11.9. The van der Waals surface area contributed by atoms with Crippen molar-refractivity contribution in [3.8, 4) is 5.75 Å². The highest BCUT2D eigenvalue weighted by Gasteiger charge is 2.14. The van der Waals surface area contributed by atoms with Crippen LogP contribution in [-0.2, 0) is 0 Å². The van der Waals surface area contributed by atoms with Gasteiger partial charge in [-0.05, 0) is 30.5 Å². The van der Waals surface area contributed by atoms with E-state index in [1.165, 1.54) is 7.11 Å². The van der Waals surface area contributed by atoms with Gasteiger partial charge in [-0.25, -0.2) is 4.79 Å². The normalized spacial score (nSPS) is 11.2. The summed E-state index contributed by atoms with van der Waals surface area (Å²) in [6, 6.07) is 5.38. The minimum absolute atomic E-state index is 0.389. The van der Waals surface area contributed by atoms with Gasteiger partial charge in [0.05, 0.1) is 18.8 Å². The Hall–Kier alpha value is -2.23. The molecule has 0 aliphatic heterocycles. The molecule has 0 aliphatic rings. The second-order valence-electron chi connectivity index (χ2n) is 3.85. The third-order valence-electron chi connectivity index (χ3n) is 2.76. The highest BCUT2D eigenvalue weighted by molar-refractivity contribution is 6.02. The summed E-state index contributed by atoms with van der Waals surface area (Å²) < 4.78 is 15.7. The molecule has 4 heteroatoms. The fraction of sp³-hybridized carbons (Fsp3) is 0.154. The topological polar surface area (TPSA) is 52.6 Å². The van der Waals surface area contributed by atoms with E-state index in [2.05, 4.69) is 0 Å². The minimum atomic E-state index is -0.389. The lowest BCUT2D eigenvalue weighted by atomic mass is 10.1. The van der Waals surface area contributed by atoms with Crippen molar-refractivity contribution >= 4 is 21.7 Å². The van der Waals surface area contributed by atoms with Crippen molar-refractivity contribution in [2.45, 2.75) is 6.92 Å². The summed E-state index contributed by atoms with van der Waals surface area (Å²) in [5.74, 6) is 1.07. The van der Waals surface area contributed by atoms with Crippen molar-refractivity contribution in [2.24, 2.45) is 0 Å². The number of methoxy groups -OCH3 is 1. The number of hydrogen-bond donors (Lipinski definition) is 0. The molecule has 86 valence electrons. The van der Waals surface area contributed by atoms with Gasteiger partial charge in [0.1, 0.15) is 22.5 Å². The zero-order valence-corrected chi connectivity index (χ0v) is 9.44. The Kier molecular flexibility index (Phi) is 1.98. The number of furan rings is 1. The average Bonchev–Trinajstić information content (AvgIpc) is 2.73. The lowest BCUT2D eigenvalue weighted by Gasteiger charge is -2.05. The van der Waals surface area contributed by atoms with Crippen molar-refractivity contribution < 1.29 is 13.6 Å². The van der Waals surface area contributed by atoms with Crippen molar-refractivity contribution in [3.63, 3.8) is 0 Å². The predicted octanol–water partition coefficient (Wildman–Crippen LogP) is 2.86. The molecule has 2 heterocycles. The molecule has 0 saturated heterocycles. The van der Waals surface area contributed by atoms with Crippen LogP contribution in [0.5, 0.6) is 5.75 Å². The van der Waals surface area contributed by atoms with Crippen LogP contribution in [0.4, 0.5) is 0 Å². The molecule has 4 nitrogen and oxygen atoms in total. The summed E-state index contributed by atoms with van der Waals surface area (Å²) in [5, 5.41) is 1.99. The van der Waals surface area contributed by atoms with Gasteiger partial charge in [-0.15, -0.1) is 0 Å². The predicted molar refractivity (Wildman–Crippen MR) is 63.5 cm³/mol. The molecule has 0 spiro atoms. The fourth-order valence-electron chi connectivity index (χ4n) is 2.08. The highest BCUT2D eigenvalue weighted by atomic mass is 16.5. The first-order chi connectivity index (χ1) is 8.20. The van der Waals surface area contributed by atoms with Crippen LogP contribution in [0.25, 0.3) is 21.7 Å². The third kappa shape index (κ3) is 1.34. The molecule has 0 N–H and O–H groups in total. The zero-order valence-electron chi connectivity index (χ0n) is 9.44. The van der Waals surface area contributed by atoms with Crippen LogP contribution in [0.15, 0.2) is 38.1 Å². The molecule has 0 bridgehead atoms. The average molecular weight is 230 g/mol. The van der Waals surface area contributed by atoms with Crippen LogP contribution in [0.3, 0.4) is 0 Å². The second kappa shape index (κ2) is 3.38.